The molecule has 0 heterocycles. The fourth-order valence-corrected chi connectivity index (χ4v) is 2.75. The molecule has 2 aromatic carbocycles. The van der Waals surface area contributed by atoms with E-state index in [9.17, 15) is 14.9 Å². The van der Waals surface area contributed by atoms with Gasteiger partial charge >= 0.3 is 0 Å². The molecular formula is C19H22N2O4. The first kappa shape index (κ1) is 18.4. The molecule has 0 saturated carbocycles. The molecule has 0 aliphatic rings. The van der Waals surface area contributed by atoms with Gasteiger partial charge in [-0.05, 0) is 17.5 Å². The van der Waals surface area contributed by atoms with Crippen LogP contribution in [0.25, 0.3) is 0 Å². The van der Waals surface area contributed by atoms with Crippen LogP contribution in [0.3, 0.4) is 0 Å². The highest BCUT2D eigenvalue weighted by atomic mass is 16.6. The molecule has 0 radical (unpaired) electrons. The quantitative estimate of drug-likeness (QED) is 0.598. The van der Waals surface area contributed by atoms with Crippen molar-refractivity contribution in [1.29, 1.82) is 0 Å². The number of amides is 1. The molecule has 1 N–H and O–H groups in total. The van der Waals surface area contributed by atoms with Crippen LogP contribution in [0.15, 0.2) is 48.5 Å². The molecule has 132 valence electrons. The fourth-order valence-electron chi connectivity index (χ4n) is 2.75. The van der Waals surface area contributed by atoms with Crippen LogP contribution in [-0.4, -0.2) is 17.9 Å². The molecule has 0 unspecified atom stereocenters. The molecule has 2 aromatic rings. The minimum absolute atomic E-state index is 0.101. The molecule has 25 heavy (non-hydrogen) atoms. The number of benzene rings is 2. The minimum atomic E-state index is -0.502. The van der Waals surface area contributed by atoms with Crippen molar-refractivity contribution < 1.29 is 14.5 Å². The third-order valence-corrected chi connectivity index (χ3v) is 4.31. The van der Waals surface area contributed by atoms with Gasteiger partial charge < -0.3 is 10.1 Å². The summed E-state index contributed by atoms with van der Waals surface area (Å²) in [5.74, 6) is -0.0588. The summed E-state index contributed by atoms with van der Waals surface area (Å²) in [6.45, 7) is 4.05. The molecule has 0 aliphatic carbocycles. The average molecular weight is 342 g/mol. The minimum Gasteiger partial charge on any atom is -0.495 e. The number of nitro benzene ring substituents is 1. The molecule has 1 amide bonds. The fraction of sp³-hybridized carbons (Fsp3) is 0.316. The van der Waals surface area contributed by atoms with E-state index < -0.39 is 4.92 Å². The predicted octanol–water partition coefficient (Wildman–Crippen LogP) is 4.37. The molecule has 6 heteroatoms. The standard InChI is InChI=1S/C19H22N2O4/c1-4-13(2)18(14-8-6-5-7-9-14)19(22)20-16-12-15(21(23)24)10-11-17(16)25-3/h5-13,18H,4H2,1-3H3,(H,20,22)/t13-,18-/m1/s1. The van der Waals surface area contributed by atoms with Gasteiger partial charge in [0.25, 0.3) is 5.69 Å². The van der Waals surface area contributed by atoms with Crippen LogP contribution >= 0.6 is 0 Å². The van der Waals surface area contributed by atoms with Crippen LogP contribution < -0.4 is 10.1 Å². The SMILES string of the molecule is CC[C@@H](C)[C@@H](C(=O)Nc1cc([N+](=O)[O-])ccc1OC)c1ccccc1. The number of carbonyl (C=O) groups excluding carboxylic acids is 1. The number of nitrogens with zero attached hydrogens (tertiary/aromatic N) is 1. The molecular weight excluding hydrogens is 320 g/mol. The van der Waals surface area contributed by atoms with Crippen molar-refractivity contribution in [3.05, 3.63) is 64.2 Å². The van der Waals surface area contributed by atoms with Crippen molar-refractivity contribution in [2.45, 2.75) is 26.2 Å². The van der Waals surface area contributed by atoms with E-state index in [-0.39, 0.29) is 23.4 Å². The molecule has 0 spiro atoms. The number of nitrogens with one attached hydrogen (secondary N) is 1. The van der Waals surface area contributed by atoms with Crippen molar-refractivity contribution in [2.24, 2.45) is 5.92 Å². The number of ether oxygens (including phenoxy) is 1. The Bertz CT molecular complexity index is 746. The first-order chi connectivity index (χ1) is 12.0. The highest BCUT2D eigenvalue weighted by Gasteiger charge is 2.27. The number of nitro groups is 1. The number of hydrogen-bond acceptors (Lipinski definition) is 4. The summed E-state index contributed by atoms with van der Waals surface area (Å²) in [7, 11) is 1.46. The Morgan fingerprint density at radius 2 is 1.92 bits per heavy atom. The van der Waals surface area contributed by atoms with E-state index in [0.29, 0.717) is 11.4 Å². The summed E-state index contributed by atoms with van der Waals surface area (Å²) < 4.78 is 5.22. The predicted molar refractivity (Wildman–Crippen MR) is 96.9 cm³/mol. The maximum atomic E-state index is 12.9. The van der Waals surface area contributed by atoms with Crippen LogP contribution in [0.5, 0.6) is 5.75 Å². The van der Waals surface area contributed by atoms with E-state index in [2.05, 4.69) is 5.32 Å². The number of methoxy groups -OCH3 is 1. The normalized spacial score (nSPS) is 12.9. The van der Waals surface area contributed by atoms with Gasteiger partial charge in [0.1, 0.15) is 5.75 Å². The van der Waals surface area contributed by atoms with E-state index in [0.717, 1.165) is 12.0 Å². The van der Waals surface area contributed by atoms with Gasteiger partial charge in [0.05, 0.1) is 23.6 Å². The summed E-state index contributed by atoms with van der Waals surface area (Å²) in [5, 5.41) is 13.8. The number of anilines is 1. The van der Waals surface area contributed by atoms with Gasteiger partial charge in [0.15, 0.2) is 0 Å². The Hall–Kier alpha value is -2.89. The van der Waals surface area contributed by atoms with E-state index in [1.807, 2.05) is 44.2 Å². The summed E-state index contributed by atoms with van der Waals surface area (Å²) in [6, 6.07) is 13.7. The highest BCUT2D eigenvalue weighted by molar-refractivity contribution is 5.97. The summed E-state index contributed by atoms with van der Waals surface area (Å²) >= 11 is 0. The van der Waals surface area contributed by atoms with Gasteiger partial charge in [0, 0.05) is 12.1 Å². The second-order valence-corrected chi connectivity index (χ2v) is 5.90. The van der Waals surface area contributed by atoms with Gasteiger partial charge in [-0.2, -0.15) is 0 Å². The lowest BCUT2D eigenvalue weighted by atomic mass is 9.85. The Morgan fingerprint density at radius 1 is 1.24 bits per heavy atom. The molecule has 6 nitrogen and oxygen atoms in total. The Balaban J connectivity index is 2.35. The Labute approximate surface area is 147 Å². The van der Waals surface area contributed by atoms with Crippen molar-refractivity contribution >= 4 is 17.3 Å². The van der Waals surface area contributed by atoms with Crippen molar-refractivity contribution in [2.75, 3.05) is 12.4 Å². The maximum absolute atomic E-state index is 12.9. The third-order valence-electron chi connectivity index (χ3n) is 4.31. The summed E-state index contributed by atoms with van der Waals surface area (Å²) in [4.78, 5) is 23.4. The first-order valence-electron chi connectivity index (χ1n) is 8.16. The second-order valence-electron chi connectivity index (χ2n) is 5.90. The average Bonchev–Trinajstić information content (AvgIpc) is 2.62. The molecule has 0 saturated heterocycles. The number of hydrogen-bond donors (Lipinski definition) is 1. The molecule has 0 aromatic heterocycles. The van der Waals surface area contributed by atoms with Crippen molar-refractivity contribution in [1.82, 2.24) is 0 Å². The van der Waals surface area contributed by atoms with Gasteiger partial charge in [-0.15, -0.1) is 0 Å². The molecule has 2 atom stereocenters. The molecule has 0 fully saturated rings. The van der Waals surface area contributed by atoms with Crippen LogP contribution in [0.2, 0.25) is 0 Å². The zero-order valence-corrected chi connectivity index (χ0v) is 14.6. The summed E-state index contributed by atoms with van der Waals surface area (Å²) in [6.07, 6.45) is 0.832. The largest absolute Gasteiger partial charge is 0.495 e. The smallest absolute Gasteiger partial charge is 0.271 e. The lowest BCUT2D eigenvalue weighted by Gasteiger charge is -2.23. The molecule has 2 rings (SSSR count). The first-order valence-corrected chi connectivity index (χ1v) is 8.16. The van der Waals surface area contributed by atoms with E-state index >= 15 is 0 Å². The summed E-state index contributed by atoms with van der Waals surface area (Å²) in [5.41, 5.74) is 1.11. The Kier molecular flexibility index (Phi) is 6.11. The second kappa shape index (κ2) is 8.28. The molecule has 0 aliphatic heterocycles. The van der Waals surface area contributed by atoms with Crippen molar-refractivity contribution in [3.8, 4) is 5.75 Å². The zero-order chi connectivity index (χ0) is 18.4. The monoisotopic (exact) mass is 342 g/mol. The Morgan fingerprint density at radius 3 is 2.48 bits per heavy atom. The van der Waals surface area contributed by atoms with Crippen LogP contribution in [0.1, 0.15) is 31.7 Å². The molecule has 0 bridgehead atoms. The lowest BCUT2D eigenvalue weighted by Crippen LogP contribution is -2.26. The van der Waals surface area contributed by atoms with E-state index in [1.165, 1.54) is 25.3 Å². The zero-order valence-electron chi connectivity index (χ0n) is 14.6. The van der Waals surface area contributed by atoms with Crippen molar-refractivity contribution in [3.63, 3.8) is 0 Å². The number of carbonyl (C=O) groups is 1. The van der Waals surface area contributed by atoms with Crippen LogP contribution in [0, 0.1) is 16.0 Å². The topological polar surface area (TPSA) is 81.5 Å². The highest BCUT2D eigenvalue weighted by Crippen LogP contribution is 2.32. The van der Waals surface area contributed by atoms with Gasteiger partial charge in [-0.3, -0.25) is 14.9 Å². The maximum Gasteiger partial charge on any atom is 0.271 e. The lowest BCUT2D eigenvalue weighted by molar-refractivity contribution is -0.384. The van der Waals surface area contributed by atoms with Crippen LogP contribution in [0.4, 0.5) is 11.4 Å². The third kappa shape index (κ3) is 4.35. The van der Waals surface area contributed by atoms with Gasteiger partial charge in [-0.1, -0.05) is 50.6 Å². The number of rotatable bonds is 7. The van der Waals surface area contributed by atoms with E-state index in [1.54, 1.807) is 0 Å². The van der Waals surface area contributed by atoms with E-state index in [4.69, 9.17) is 4.74 Å². The van der Waals surface area contributed by atoms with Gasteiger partial charge in [-0.25, -0.2) is 0 Å². The van der Waals surface area contributed by atoms with Crippen LogP contribution in [-0.2, 0) is 4.79 Å². The van der Waals surface area contributed by atoms with Gasteiger partial charge in [0.2, 0.25) is 5.91 Å². The number of non-ortho nitro benzene ring substituents is 1.